The third-order valence-electron chi connectivity index (χ3n) is 4.96. The molecule has 1 aliphatic carbocycles. The predicted molar refractivity (Wildman–Crippen MR) is 95.8 cm³/mol. The molecule has 7 nitrogen and oxygen atoms in total. The smallest absolute Gasteiger partial charge is 0.328 e. The normalized spacial score (nSPS) is 20.6. The van der Waals surface area contributed by atoms with E-state index in [1.54, 1.807) is 0 Å². The first kappa shape index (κ1) is 18.1. The Bertz CT molecular complexity index is 759. The zero-order valence-corrected chi connectivity index (χ0v) is 14.7. The molecular weight excluding hydrogens is 334 g/mol. The van der Waals surface area contributed by atoms with E-state index in [0.717, 1.165) is 16.7 Å². The average Bonchev–Trinajstić information content (AvgIpc) is 3.25. The van der Waals surface area contributed by atoms with E-state index in [1.165, 1.54) is 7.11 Å². The summed E-state index contributed by atoms with van der Waals surface area (Å²) in [4.78, 5) is 36.4. The van der Waals surface area contributed by atoms with Crippen molar-refractivity contribution in [3.05, 3.63) is 41.0 Å². The van der Waals surface area contributed by atoms with Gasteiger partial charge < -0.3 is 21.1 Å². The summed E-state index contributed by atoms with van der Waals surface area (Å²) in [6, 6.07) is 6.11. The lowest BCUT2D eigenvalue weighted by Gasteiger charge is -2.21. The Hall–Kier alpha value is -2.67. The number of esters is 1. The molecule has 0 radical (unpaired) electrons. The molecule has 0 spiro atoms. The fraction of sp³-hybridized carbons (Fsp3) is 0.421. The lowest BCUT2D eigenvalue weighted by atomic mass is 9.97. The number of carbonyl (C=O) groups is 3. The molecule has 1 aliphatic heterocycles. The maximum absolute atomic E-state index is 12.6. The summed E-state index contributed by atoms with van der Waals surface area (Å²) in [7, 11) is 1.26. The minimum absolute atomic E-state index is 0.105. The van der Waals surface area contributed by atoms with Crippen LogP contribution in [0.3, 0.4) is 0 Å². The number of hydrogen-bond acceptors (Lipinski definition) is 5. The first-order chi connectivity index (χ1) is 12.5. The Morgan fingerprint density at radius 2 is 2.15 bits per heavy atom. The summed E-state index contributed by atoms with van der Waals surface area (Å²) in [5, 5.41) is 5.38. The van der Waals surface area contributed by atoms with Crippen LogP contribution < -0.4 is 16.4 Å². The van der Waals surface area contributed by atoms with Gasteiger partial charge in [0.15, 0.2) is 0 Å². The Balaban J connectivity index is 1.65. The second-order valence-corrected chi connectivity index (χ2v) is 6.67. The fourth-order valence-corrected chi connectivity index (χ4v) is 3.45. The van der Waals surface area contributed by atoms with Crippen LogP contribution in [0.4, 0.5) is 0 Å². The van der Waals surface area contributed by atoms with Crippen molar-refractivity contribution in [2.75, 3.05) is 13.7 Å². The fourth-order valence-electron chi connectivity index (χ4n) is 3.45. The van der Waals surface area contributed by atoms with Gasteiger partial charge in [0.05, 0.1) is 7.11 Å². The van der Waals surface area contributed by atoms with Crippen LogP contribution in [0.25, 0.3) is 6.08 Å². The van der Waals surface area contributed by atoms with Crippen molar-refractivity contribution in [3.8, 4) is 0 Å². The van der Waals surface area contributed by atoms with Gasteiger partial charge in [0, 0.05) is 12.5 Å². The zero-order valence-electron chi connectivity index (χ0n) is 14.7. The van der Waals surface area contributed by atoms with Gasteiger partial charge in [-0.2, -0.15) is 0 Å². The highest BCUT2D eigenvalue weighted by atomic mass is 16.5. The molecule has 2 unspecified atom stereocenters. The highest BCUT2D eigenvalue weighted by Crippen LogP contribution is 2.26. The Morgan fingerprint density at radius 3 is 2.81 bits per heavy atom. The molecule has 138 valence electrons. The quantitative estimate of drug-likeness (QED) is 0.627. The predicted octanol–water partition coefficient (Wildman–Crippen LogP) is 0.137. The van der Waals surface area contributed by atoms with E-state index in [1.807, 2.05) is 30.3 Å². The molecule has 3 atom stereocenters. The molecule has 1 aromatic rings. The van der Waals surface area contributed by atoms with Gasteiger partial charge in [0.25, 0.3) is 0 Å². The number of fused-ring (bicyclic) bond motifs is 1. The zero-order chi connectivity index (χ0) is 18.7. The Morgan fingerprint density at radius 1 is 1.38 bits per heavy atom. The van der Waals surface area contributed by atoms with Gasteiger partial charge in [-0.3, -0.25) is 9.59 Å². The van der Waals surface area contributed by atoms with Crippen LogP contribution in [0, 0.1) is 5.92 Å². The summed E-state index contributed by atoms with van der Waals surface area (Å²) in [6.07, 6.45) is 3.36. The number of hydrogen-bond donors (Lipinski definition) is 3. The molecule has 0 saturated carbocycles. The topological polar surface area (TPSA) is 111 Å². The molecule has 0 aromatic heterocycles. The number of nitrogens with two attached hydrogens (primary N) is 1. The van der Waals surface area contributed by atoms with Gasteiger partial charge in [0.2, 0.25) is 11.8 Å². The largest absolute Gasteiger partial charge is 0.467 e. The van der Waals surface area contributed by atoms with Crippen LogP contribution >= 0.6 is 0 Å². The summed E-state index contributed by atoms with van der Waals surface area (Å²) < 4.78 is 4.77. The minimum Gasteiger partial charge on any atom is -0.467 e. The molecule has 1 saturated heterocycles. The summed E-state index contributed by atoms with van der Waals surface area (Å²) >= 11 is 0. The van der Waals surface area contributed by atoms with Crippen LogP contribution in [-0.4, -0.2) is 43.5 Å². The Labute approximate surface area is 152 Å². The van der Waals surface area contributed by atoms with Crippen LogP contribution in [0.15, 0.2) is 29.8 Å². The van der Waals surface area contributed by atoms with E-state index in [0.29, 0.717) is 19.4 Å². The minimum atomic E-state index is -0.892. The second-order valence-electron chi connectivity index (χ2n) is 6.67. The second kappa shape index (κ2) is 7.70. The van der Waals surface area contributed by atoms with Crippen molar-refractivity contribution < 1.29 is 19.1 Å². The number of amides is 2. The number of ether oxygens (including phenoxy) is 1. The van der Waals surface area contributed by atoms with Crippen LogP contribution in [0.2, 0.25) is 0 Å². The number of benzene rings is 1. The standard InChI is InChI=1S/C19H23N3O4/c1-26-19(25)15(10-13-6-7-21-17(13)23)22-18(24)16(20)14-8-11-4-2-3-5-12(11)9-14/h2-5,8,13,15-16H,6-7,9-10,20H2,1H3,(H,21,23)(H,22,24)/t13-,15?,16?/m0/s1. The number of rotatable bonds is 6. The molecule has 0 bridgehead atoms. The number of methoxy groups -OCH3 is 1. The van der Waals surface area contributed by atoms with Gasteiger partial charge >= 0.3 is 5.97 Å². The van der Waals surface area contributed by atoms with Crippen LogP contribution in [0.5, 0.6) is 0 Å². The lowest BCUT2D eigenvalue weighted by molar-refractivity contribution is -0.145. The van der Waals surface area contributed by atoms with Crippen LogP contribution in [0.1, 0.15) is 24.0 Å². The van der Waals surface area contributed by atoms with Gasteiger partial charge in [-0.15, -0.1) is 0 Å². The monoisotopic (exact) mass is 357 g/mol. The lowest BCUT2D eigenvalue weighted by Crippen LogP contribution is -2.50. The molecule has 7 heteroatoms. The van der Waals surface area contributed by atoms with Crippen molar-refractivity contribution in [1.82, 2.24) is 10.6 Å². The van der Waals surface area contributed by atoms with Gasteiger partial charge in [0.1, 0.15) is 12.1 Å². The highest BCUT2D eigenvalue weighted by Gasteiger charge is 2.33. The van der Waals surface area contributed by atoms with Gasteiger partial charge in [-0.25, -0.2) is 4.79 Å². The molecule has 1 aromatic carbocycles. The Kier molecular flexibility index (Phi) is 5.37. The molecule has 3 rings (SSSR count). The van der Waals surface area contributed by atoms with Crippen LogP contribution in [-0.2, 0) is 25.5 Å². The summed E-state index contributed by atoms with van der Waals surface area (Å²) in [6.45, 7) is 0.579. The molecule has 2 amide bonds. The van der Waals surface area contributed by atoms with Gasteiger partial charge in [-0.1, -0.05) is 30.3 Å². The molecule has 1 fully saturated rings. The molecular formula is C19H23N3O4. The SMILES string of the molecule is COC(=O)C(C[C@@H]1CCNC1=O)NC(=O)C(N)C1=Cc2ccccc2C1. The molecule has 4 N–H and O–H groups in total. The molecule has 1 heterocycles. The molecule has 26 heavy (non-hydrogen) atoms. The first-order valence-electron chi connectivity index (χ1n) is 8.69. The number of carbonyl (C=O) groups excluding carboxylic acids is 3. The van der Waals surface area contributed by atoms with Crippen molar-refractivity contribution in [3.63, 3.8) is 0 Å². The highest BCUT2D eigenvalue weighted by molar-refractivity contribution is 5.91. The summed E-state index contributed by atoms with van der Waals surface area (Å²) in [5.41, 5.74) is 9.09. The van der Waals surface area contributed by atoms with E-state index >= 15 is 0 Å². The third kappa shape index (κ3) is 3.77. The van der Waals surface area contributed by atoms with E-state index in [9.17, 15) is 14.4 Å². The van der Waals surface area contributed by atoms with Crippen molar-refractivity contribution >= 4 is 23.9 Å². The van der Waals surface area contributed by atoms with E-state index in [-0.39, 0.29) is 18.2 Å². The maximum atomic E-state index is 12.6. The van der Waals surface area contributed by atoms with Crippen molar-refractivity contribution in [1.29, 1.82) is 0 Å². The maximum Gasteiger partial charge on any atom is 0.328 e. The first-order valence-corrected chi connectivity index (χ1v) is 8.69. The van der Waals surface area contributed by atoms with E-state index < -0.39 is 24.0 Å². The molecule has 2 aliphatic rings. The van der Waals surface area contributed by atoms with Crippen molar-refractivity contribution in [2.24, 2.45) is 11.7 Å². The van der Waals surface area contributed by atoms with Gasteiger partial charge in [-0.05, 0) is 36.0 Å². The van der Waals surface area contributed by atoms with E-state index in [2.05, 4.69) is 10.6 Å². The average molecular weight is 357 g/mol. The third-order valence-corrected chi connectivity index (χ3v) is 4.96. The number of nitrogens with one attached hydrogen (secondary N) is 2. The summed E-state index contributed by atoms with van der Waals surface area (Å²) in [5.74, 6) is -1.44. The van der Waals surface area contributed by atoms with Crippen molar-refractivity contribution in [2.45, 2.75) is 31.3 Å². The van der Waals surface area contributed by atoms with E-state index in [4.69, 9.17) is 10.5 Å².